The monoisotopic (exact) mass is 249 g/mol. The summed E-state index contributed by atoms with van der Waals surface area (Å²) in [5.74, 6) is 1.87. The van der Waals surface area contributed by atoms with Crippen molar-refractivity contribution in [2.75, 3.05) is 19.7 Å². The number of rotatable bonds is 5. The molecule has 0 radical (unpaired) electrons. The maximum absolute atomic E-state index is 5.75. The second kappa shape index (κ2) is 6.69. The average Bonchev–Trinajstić information content (AvgIpc) is 2.37. The fourth-order valence-corrected chi connectivity index (χ4v) is 2.24. The van der Waals surface area contributed by atoms with Gasteiger partial charge in [-0.3, -0.25) is 4.98 Å². The molecule has 2 rings (SSSR count). The van der Waals surface area contributed by atoms with Gasteiger partial charge in [-0.2, -0.15) is 0 Å². The minimum absolute atomic E-state index is 0.595. The Kier molecular flexibility index (Phi) is 4.93. The van der Waals surface area contributed by atoms with Crippen LogP contribution in [0, 0.1) is 11.8 Å². The molecule has 4 heteroatoms. The first-order valence-corrected chi connectivity index (χ1v) is 6.88. The fourth-order valence-electron chi connectivity index (χ4n) is 2.24. The van der Waals surface area contributed by atoms with E-state index in [9.17, 15) is 0 Å². The molecular formula is C14H23N3O. The van der Waals surface area contributed by atoms with E-state index in [1.54, 1.807) is 6.20 Å². The minimum Gasteiger partial charge on any atom is -0.476 e. The Morgan fingerprint density at radius 2 is 2.33 bits per heavy atom. The Bertz CT molecular complexity index is 362. The summed E-state index contributed by atoms with van der Waals surface area (Å²) >= 11 is 0. The van der Waals surface area contributed by atoms with Crippen LogP contribution < -0.4 is 10.1 Å². The van der Waals surface area contributed by atoms with Gasteiger partial charge >= 0.3 is 0 Å². The second-order valence-corrected chi connectivity index (χ2v) is 5.47. The van der Waals surface area contributed by atoms with Crippen molar-refractivity contribution in [1.82, 2.24) is 15.3 Å². The zero-order valence-electron chi connectivity index (χ0n) is 11.4. The topological polar surface area (TPSA) is 47.0 Å². The first kappa shape index (κ1) is 13.3. The zero-order valence-corrected chi connectivity index (χ0v) is 11.4. The van der Waals surface area contributed by atoms with Gasteiger partial charge in [0.05, 0.1) is 18.5 Å². The Balaban J connectivity index is 1.84. The molecule has 1 aromatic rings. The average molecular weight is 249 g/mol. The summed E-state index contributed by atoms with van der Waals surface area (Å²) in [6.07, 6.45) is 6.98. The summed E-state index contributed by atoms with van der Waals surface area (Å²) < 4.78 is 5.75. The summed E-state index contributed by atoms with van der Waals surface area (Å²) in [4.78, 5) is 8.69. The smallest absolute Gasteiger partial charge is 0.232 e. The summed E-state index contributed by atoms with van der Waals surface area (Å²) in [5, 5.41) is 3.39. The number of hydrogen-bond donors (Lipinski definition) is 1. The van der Waals surface area contributed by atoms with Crippen molar-refractivity contribution in [2.45, 2.75) is 33.1 Å². The van der Waals surface area contributed by atoms with Gasteiger partial charge in [0.25, 0.3) is 0 Å². The van der Waals surface area contributed by atoms with Gasteiger partial charge in [-0.25, -0.2) is 4.98 Å². The van der Waals surface area contributed by atoms with Crippen LogP contribution in [-0.4, -0.2) is 29.7 Å². The highest BCUT2D eigenvalue weighted by Gasteiger charge is 2.14. The third kappa shape index (κ3) is 4.26. The molecule has 1 atom stereocenters. The van der Waals surface area contributed by atoms with Gasteiger partial charge < -0.3 is 10.1 Å². The molecule has 0 amide bonds. The molecule has 1 saturated heterocycles. The van der Waals surface area contributed by atoms with Crippen molar-refractivity contribution < 1.29 is 4.74 Å². The Morgan fingerprint density at radius 1 is 1.44 bits per heavy atom. The van der Waals surface area contributed by atoms with Crippen molar-refractivity contribution in [1.29, 1.82) is 0 Å². The third-order valence-electron chi connectivity index (χ3n) is 3.15. The Labute approximate surface area is 109 Å². The number of ether oxygens (including phenoxy) is 1. The van der Waals surface area contributed by atoms with E-state index in [0.29, 0.717) is 17.7 Å². The predicted octanol–water partition coefficient (Wildman–Crippen LogP) is 2.05. The fraction of sp³-hybridized carbons (Fsp3) is 0.714. The maximum Gasteiger partial charge on any atom is 0.232 e. The molecule has 1 aromatic heterocycles. The van der Waals surface area contributed by atoms with Crippen LogP contribution in [0.3, 0.4) is 0 Å². The molecule has 0 aromatic carbocycles. The number of nitrogens with one attached hydrogen (secondary N) is 1. The number of nitrogens with zero attached hydrogens (tertiary/aromatic N) is 2. The highest BCUT2D eigenvalue weighted by Crippen LogP contribution is 2.13. The van der Waals surface area contributed by atoms with Gasteiger partial charge in [0.2, 0.25) is 5.88 Å². The molecule has 2 heterocycles. The molecule has 1 unspecified atom stereocenters. The van der Waals surface area contributed by atoms with Crippen molar-refractivity contribution in [2.24, 2.45) is 11.8 Å². The number of hydrogen-bond acceptors (Lipinski definition) is 4. The lowest BCUT2D eigenvalue weighted by molar-refractivity contribution is 0.211. The molecular weight excluding hydrogens is 226 g/mol. The van der Waals surface area contributed by atoms with Crippen LogP contribution in [0.25, 0.3) is 0 Å². The molecule has 1 aliphatic rings. The van der Waals surface area contributed by atoms with Crippen LogP contribution in [0.1, 0.15) is 32.4 Å². The molecule has 0 saturated carbocycles. The van der Waals surface area contributed by atoms with Crippen LogP contribution in [0.5, 0.6) is 5.88 Å². The normalized spacial score (nSPS) is 20.1. The van der Waals surface area contributed by atoms with E-state index in [-0.39, 0.29) is 0 Å². The summed E-state index contributed by atoms with van der Waals surface area (Å²) in [5.41, 5.74) is 1.02. The lowest BCUT2D eigenvalue weighted by atomic mass is 10.0. The van der Waals surface area contributed by atoms with Gasteiger partial charge in [0.15, 0.2) is 0 Å². The van der Waals surface area contributed by atoms with E-state index in [2.05, 4.69) is 29.1 Å². The molecule has 1 aliphatic heterocycles. The number of aromatic nitrogens is 2. The van der Waals surface area contributed by atoms with E-state index in [0.717, 1.165) is 31.8 Å². The number of piperidine rings is 1. The second-order valence-electron chi connectivity index (χ2n) is 5.47. The van der Waals surface area contributed by atoms with Gasteiger partial charge in [0, 0.05) is 18.7 Å². The third-order valence-corrected chi connectivity index (χ3v) is 3.15. The molecule has 1 N–H and O–H groups in total. The highest BCUT2D eigenvalue weighted by atomic mass is 16.5. The molecule has 0 bridgehead atoms. The molecule has 100 valence electrons. The minimum atomic E-state index is 0.595. The van der Waals surface area contributed by atoms with Crippen molar-refractivity contribution in [3.8, 4) is 5.88 Å². The van der Waals surface area contributed by atoms with E-state index in [1.165, 1.54) is 12.8 Å². The standard InChI is InChI=1S/C14H23N3O/c1-11(2)6-13-8-16-9-14(17-13)18-10-12-4-3-5-15-7-12/h8-9,11-12,15H,3-7,10H2,1-2H3. The van der Waals surface area contributed by atoms with Gasteiger partial charge in [0.1, 0.15) is 0 Å². The van der Waals surface area contributed by atoms with E-state index < -0.39 is 0 Å². The van der Waals surface area contributed by atoms with Gasteiger partial charge in [-0.05, 0) is 31.7 Å². The van der Waals surface area contributed by atoms with Crippen molar-refractivity contribution in [3.63, 3.8) is 0 Å². The van der Waals surface area contributed by atoms with Crippen LogP contribution in [0.2, 0.25) is 0 Å². The van der Waals surface area contributed by atoms with E-state index >= 15 is 0 Å². The summed E-state index contributed by atoms with van der Waals surface area (Å²) in [6, 6.07) is 0. The van der Waals surface area contributed by atoms with Crippen LogP contribution in [0.4, 0.5) is 0 Å². The highest BCUT2D eigenvalue weighted by molar-refractivity contribution is 5.08. The Hall–Kier alpha value is -1.16. The van der Waals surface area contributed by atoms with E-state index in [1.807, 2.05) is 6.20 Å². The van der Waals surface area contributed by atoms with Crippen LogP contribution in [0.15, 0.2) is 12.4 Å². The molecule has 18 heavy (non-hydrogen) atoms. The lowest BCUT2D eigenvalue weighted by Gasteiger charge is -2.22. The predicted molar refractivity (Wildman–Crippen MR) is 71.7 cm³/mol. The first-order valence-electron chi connectivity index (χ1n) is 6.88. The Morgan fingerprint density at radius 3 is 3.06 bits per heavy atom. The van der Waals surface area contributed by atoms with Gasteiger partial charge in [-0.15, -0.1) is 0 Å². The van der Waals surface area contributed by atoms with Crippen molar-refractivity contribution >= 4 is 0 Å². The summed E-state index contributed by atoms with van der Waals surface area (Å²) in [6.45, 7) is 7.30. The molecule has 4 nitrogen and oxygen atoms in total. The van der Waals surface area contributed by atoms with Crippen LogP contribution in [-0.2, 0) is 6.42 Å². The maximum atomic E-state index is 5.75. The lowest BCUT2D eigenvalue weighted by Crippen LogP contribution is -2.33. The van der Waals surface area contributed by atoms with E-state index in [4.69, 9.17) is 4.74 Å². The SMILES string of the molecule is CC(C)Cc1cncc(OCC2CCCNC2)n1. The largest absolute Gasteiger partial charge is 0.476 e. The molecule has 0 spiro atoms. The molecule has 1 fully saturated rings. The first-order chi connectivity index (χ1) is 8.74. The molecule has 0 aliphatic carbocycles. The quantitative estimate of drug-likeness (QED) is 0.867. The van der Waals surface area contributed by atoms with Crippen LogP contribution >= 0.6 is 0 Å². The summed E-state index contributed by atoms with van der Waals surface area (Å²) in [7, 11) is 0. The van der Waals surface area contributed by atoms with Crippen molar-refractivity contribution in [3.05, 3.63) is 18.1 Å². The van der Waals surface area contributed by atoms with Gasteiger partial charge in [-0.1, -0.05) is 13.8 Å². The zero-order chi connectivity index (χ0) is 12.8.